The molecule has 0 spiro atoms. The molecule has 1 heterocycles. The van der Waals surface area contributed by atoms with Gasteiger partial charge in [0.2, 0.25) is 5.90 Å². The summed E-state index contributed by atoms with van der Waals surface area (Å²) in [6, 6.07) is 10.4. The molecule has 0 N–H and O–H groups in total. The largest absolute Gasteiger partial charge is 0.493 e. The third kappa shape index (κ3) is 3.78. The van der Waals surface area contributed by atoms with Crippen molar-refractivity contribution in [3.8, 4) is 11.5 Å². The van der Waals surface area contributed by atoms with Crippen molar-refractivity contribution in [2.75, 3.05) is 7.11 Å². The van der Waals surface area contributed by atoms with Gasteiger partial charge < -0.3 is 14.2 Å². The number of carbonyl (C=O) groups excluding carboxylic acids is 2. The van der Waals surface area contributed by atoms with E-state index in [0.29, 0.717) is 22.6 Å². The van der Waals surface area contributed by atoms with Gasteiger partial charge in [0.15, 0.2) is 17.2 Å². The molecule has 28 heavy (non-hydrogen) atoms. The van der Waals surface area contributed by atoms with Crippen LogP contribution in [0.1, 0.15) is 24.0 Å². The Morgan fingerprint density at radius 3 is 2.61 bits per heavy atom. The zero-order chi connectivity index (χ0) is 19.7. The molecule has 1 saturated carbocycles. The summed E-state index contributed by atoms with van der Waals surface area (Å²) >= 11 is 0. The lowest BCUT2D eigenvalue weighted by atomic mass is 10.1. The van der Waals surface area contributed by atoms with Gasteiger partial charge in [0.1, 0.15) is 5.82 Å². The predicted molar refractivity (Wildman–Crippen MR) is 98.4 cm³/mol. The van der Waals surface area contributed by atoms with Crippen LogP contribution >= 0.6 is 0 Å². The molecule has 1 fully saturated rings. The molecule has 1 aliphatic carbocycles. The van der Waals surface area contributed by atoms with Gasteiger partial charge in [-0.3, -0.25) is 4.79 Å². The number of esters is 2. The highest BCUT2D eigenvalue weighted by atomic mass is 19.1. The third-order valence-electron chi connectivity index (χ3n) is 4.32. The maximum Gasteiger partial charge on any atom is 0.363 e. The highest BCUT2D eigenvalue weighted by Crippen LogP contribution is 2.34. The first-order chi connectivity index (χ1) is 13.5. The summed E-state index contributed by atoms with van der Waals surface area (Å²) in [6.07, 6.45) is 3.23. The van der Waals surface area contributed by atoms with Gasteiger partial charge >= 0.3 is 11.9 Å². The van der Waals surface area contributed by atoms with E-state index in [0.717, 1.165) is 12.8 Å². The maximum atomic E-state index is 13.0. The van der Waals surface area contributed by atoms with Gasteiger partial charge in [-0.15, -0.1) is 0 Å². The summed E-state index contributed by atoms with van der Waals surface area (Å²) < 4.78 is 28.8. The fourth-order valence-electron chi connectivity index (χ4n) is 2.65. The maximum absolute atomic E-state index is 13.0. The summed E-state index contributed by atoms with van der Waals surface area (Å²) in [6.45, 7) is 0. The van der Waals surface area contributed by atoms with Crippen LogP contribution in [-0.2, 0) is 14.3 Å². The van der Waals surface area contributed by atoms with E-state index in [4.69, 9.17) is 14.2 Å². The number of hydrogen-bond acceptors (Lipinski definition) is 6. The first-order valence-electron chi connectivity index (χ1n) is 8.72. The van der Waals surface area contributed by atoms with Gasteiger partial charge in [-0.1, -0.05) is 6.07 Å². The van der Waals surface area contributed by atoms with Crippen molar-refractivity contribution in [2.24, 2.45) is 10.9 Å². The zero-order valence-electron chi connectivity index (χ0n) is 15.0. The van der Waals surface area contributed by atoms with Gasteiger partial charge in [0.25, 0.3) is 0 Å². The van der Waals surface area contributed by atoms with E-state index in [9.17, 15) is 14.0 Å². The molecule has 0 bridgehead atoms. The highest BCUT2D eigenvalue weighted by Gasteiger charge is 2.32. The van der Waals surface area contributed by atoms with Crippen molar-refractivity contribution in [3.63, 3.8) is 0 Å². The van der Waals surface area contributed by atoms with Crippen LogP contribution in [0.2, 0.25) is 0 Å². The van der Waals surface area contributed by atoms with Crippen molar-refractivity contribution >= 4 is 23.9 Å². The van der Waals surface area contributed by atoms with Crippen LogP contribution in [0.15, 0.2) is 53.2 Å². The van der Waals surface area contributed by atoms with Crippen LogP contribution in [-0.4, -0.2) is 24.9 Å². The number of methoxy groups -OCH3 is 1. The number of carbonyl (C=O) groups is 2. The molecule has 2 aromatic rings. The van der Waals surface area contributed by atoms with E-state index in [1.54, 1.807) is 18.2 Å². The zero-order valence-corrected chi connectivity index (χ0v) is 15.0. The number of nitrogens with zero attached hydrogens (tertiary/aromatic N) is 1. The Bertz CT molecular complexity index is 1010. The number of rotatable bonds is 5. The number of halogens is 1. The minimum atomic E-state index is -0.609. The van der Waals surface area contributed by atoms with Crippen molar-refractivity contribution < 1.29 is 28.2 Å². The van der Waals surface area contributed by atoms with Crippen molar-refractivity contribution in [1.29, 1.82) is 0 Å². The van der Waals surface area contributed by atoms with Crippen LogP contribution in [0.3, 0.4) is 0 Å². The van der Waals surface area contributed by atoms with Gasteiger partial charge in [-0.2, -0.15) is 0 Å². The average Bonchev–Trinajstić information content (AvgIpc) is 3.48. The number of aliphatic imine (C=N–C) groups is 1. The Balaban J connectivity index is 1.58. The van der Waals surface area contributed by atoms with E-state index in [-0.39, 0.29) is 29.3 Å². The van der Waals surface area contributed by atoms with Crippen LogP contribution in [0.5, 0.6) is 11.5 Å². The van der Waals surface area contributed by atoms with E-state index < -0.39 is 5.97 Å². The van der Waals surface area contributed by atoms with Gasteiger partial charge in [-0.05, 0) is 60.9 Å². The molecule has 0 amide bonds. The molecule has 0 aromatic heterocycles. The summed E-state index contributed by atoms with van der Waals surface area (Å²) in [5, 5.41) is 0. The normalized spacial score (nSPS) is 17.3. The smallest absolute Gasteiger partial charge is 0.363 e. The first kappa shape index (κ1) is 17.9. The second-order valence-electron chi connectivity index (χ2n) is 6.45. The van der Waals surface area contributed by atoms with Gasteiger partial charge in [0.05, 0.1) is 13.0 Å². The van der Waals surface area contributed by atoms with E-state index in [1.807, 2.05) is 0 Å². The molecule has 0 atom stereocenters. The van der Waals surface area contributed by atoms with Gasteiger partial charge in [0, 0.05) is 5.56 Å². The molecule has 1 aliphatic heterocycles. The Labute approximate surface area is 160 Å². The molecule has 0 saturated heterocycles. The standard InChI is InChI=1S/C21H16FNO5/c1-26-18-11-12(2-9-17(18)27-20(24)14-3-4-14)10-16-21(25)28-19(23-16)13-5-7-15(22)8-6-13/h2,5-11,14H,3-4H2,1H3/b16-10-. The first-order valence-corrected chi connectivity index (χ1v) is 8.72. The summed E-state index contributed by atoms with van der Waals surface area (Å²) in [5.74, 6) is -0.487. The number of cyclic esters (lactones) is 1. The van der Waals surface area contributed by atoms with Crippen LogP contribution in [0, 0.1) is 11.7 Å². The molecule has 0 radical (unpaired) electrons. The second-order valence-corrected chi connectivity index (χ2v) is 6.45. The van der Waals surface area contributed by atoms with Crippen LogP contribution in [0.25, 0.3) is 6.08 Å². The molecule has 4 rings (SSSR count). The lowest BCUT2D eigenvalue weighted by Crippen LogP contribution is -2.10. The summed E-state index contributed by atoms with van der Waals surface area (Å²) in [5.41, 5.74) is 1.22. The lowest BCUT2D eigenvalue weighted by Gasteiger charge is -2.09. The van der Waals surface area contributed by atoms with Crippen LogP contribution in [0.4, 0.5) is 4.39 Å². The molecule has 2 aliphatic rings. The van der Waals surface area contributed by atoms with E-state index in [1.165, 1.54) is 37.5 Å². The Morgan fingerprint density at radius 2 is 1.93 bits per heavy atom. The Morgan fingerprint density at radius 1 is 1.18 bits per heavy atom. The molecule has 0 unspecified atom stereocenters. The lowest BCUT2D eigenvalue weighted by molar-refractivity contribution is -0.136. The Kier molecular flexibility index (Phi) is 4.65. The SMILES string of the molecule is COc1cc(/C=C2\N=C(c3ccc(F)cc3)OC2=O)ccc1OC(=O)C1CC1. The van der Waals surface area contributed by atoms with Gasteiger partial charge in [-0.25, -0.2) is 14.2 Å². The minimum absolute atomic E-state index is 0.0287. The van der Waals surface area contributed by atoms with Crippen molar-refractivity contribution in [3.05, 3.63) is 65.1 Å². The average molecular weight is 381 g/mol. The number of hydrogen-bond donors (Lipinski definition) is 0. The monoisotopic (exact) mass is 381 g/mol. The second kappa shape index (κ2) is 7.26. The minimum Gasteiger partial charge on any atom is -0.493 e. The van der Waals surface area contributed by atoms with E-state index in [2.05, 4.69) is 4.99 Å². The fourth-order valence-corrected chi connectivity index (χ4v) is 2.65. The topological polar surface area (TPSA) is 74.2 Å². The number of benzene rings is 2. The molecular weight excluding hydrogens is 365 g/mol. The fraction of sp³-hybridized carbons (Fsp3) is 0.190. The van der Waals surface area contributed by atoms with Crippen LogP contribution < -0.4 is 9.47 Å². The molecular formula is C21H16FNO5. The number of ether oxygens (including phenoxy) is 3. The predicted octanol–water partition coefficient (Wildman–Crippen LogP) is 3.49. The summed E-state index contributed by atoms with van der Waals surface area (Å²) in [7, 11) is 1.47. The van der Waals surface area contributed by atoms with E-state index >= 15 is 0 Å². The molecule has 7 heteroatoms. The van der Waals surface area contributed by atoms with Crippen molar-refractivity contribution in [2.45, 2.75) is 12.8 Å². The molecule has 142 valence electrons. The molecule has 6 nitrogen and oxygen atoms in total. The molecule has 2 aromatic carbocycles. The summed E-state index contributed by atoms with van der Waals surface area (Å²) in [4.78, 5) is 28.1. The quantitative estimate of drug-likeness (QED) is 0.450. The van der Waals surface area contributed by atoms with Crippen molar-refractivity contribution in [1.82, 2.24) is 0 Å². The Hall–Kier alpha value is -3.48. The highest BCUT2D eigenvalue weighted by molar-refractivity contribution is 6.12. The third-order valence-corrected chi connectivity index (χ3v) is 4.32.